The molecule has 0 aromatic heterocycles. The minimum atomic E-state index is -0.466. The molecule has 4 N–H and O–H groups in total. The third-order valence-electron chi connectivity index (χ3n) is 1.35. The van der Waals surface area contributed by atoms with E-state index in [4.69, 9.17) is 11.5 Å². The molecule has 3 heteroatoms. The van der Waals surface area contributed by atoms with Crippen LogP contribution in [0.2, 0.25) is 0 Å². The van der Waals surface area contributed by atoms with Crippen LogP contribution in [0.25, 0.3) is 0 Å². The fourth-order valence-corrected chi connectivity index (χ4v) is 1.64. The highest BCUT2D eigenvalue weighted by Gasteiger charge is 2.09. The normalized spacial score (nSPS) is 12.0. The zero-order chi connectivity index (χ0) is 8.74. The minimum Gasteiger partial charge on any atom is -0.314 e. The van der Waals surface area contributed by atoms with Crippen molar-refractivity contribution in [3.05, 3.63) is 0 Å². The maximum atomic E-state index is 5.62. The summed E-state index contributed by atoms with van der Waals surface area (Å²) in [5.41, 5.74) is 10.8. The number of thioether (sulfide) groups is 1. The maximum absolute atomic E-state index is 5.62. The molecule has 11 heavy (non-hydrogen) atoms. The summed E-state index contributed by atoms with van der Waals surface area (Å²) in [5, 5.41) is 0. The van der Waals surface area contributed by atoms with E-state index in [0.717, 1.165) is 12.8 Å². The first kappa shape index (κ1) is 11.3. The van der Waals surface area contributed by atoms with Crippen LogP contribution in [0.1, 0.15) is 33.1 Å². The first-order valence-electron chi connectivity index (χ1n) is 4.22. The first-order valence-corrected chi connectivity index (χ1v) is 5.37. The molecule has 2 nitrogen and oxygen atoms in total. The van der Waals surface area contributed by atoms with Crippen LogP contribution in [-0.2, 0) is 0 Å². The molecule has 0 aliphatic rings. The quantitative estimate of drug-likeness (QED) is 0.477. The molecular weight excluding hydrogens is 156 g/mol. The Morgan fingerprint density at radius 3 is 2.36 bits per heavy atom. The predicted octanol–water partition coefficient (Wildman–Crippen LogP) is 1.54. The lowest BCUT2D eigenvalue weighted by atomic mass is 10.1. The van der Waals surface area contributed by atoms with Gasteiger partial charge >= 0.3 is 0 Å². The number of hydrogen-bond acceptors (Lipinski definition) is 3. The van der Waals surface area contributed by atoms with Crippen molar-refractivity contribution in [1.29, 1.82) is 0 Å². The highest BCUT2D eigenvalue weighted by Crippen LogP contribution is 2.08. The van der Waals surface area contributed by atoms with Crippen LogP contribution in [-0.4, -0.2) is 17.2 Å². The van der Waals surface area contributed by atoms with Crippen molar-refractivity contribution < 1.29 is 0 Å². The molecule has 0 fully saturated rings. The third-order valence-corrected chi connectivity index (χ3v) is 2.63. The fourth-order valence-electron chi connectivity index (χ4n) is 0.802. The van der Waals surface area contributed by atoms with Crippen molar-refractivity contribution >= 4 is 11.8 Å². The first-order chi connectivity index (χ1) is 5.06. The second-order valence-electron chi connectivity index (χ2n) is 3.22. The van der Waals surface area contributed by atoms with Crippen LogP contribution in [0.5, 0.6) is 0 Å². The van der Waals surface area contributed by atoms with E-state index < -0.39 is 5.66 Å². The van der Waals surface area contributed by atoms with Gasteiger partial charge in [-0.25, -0.2) is 0 Å². The van der Waals surface area contributed by atoms with E-state index in [1.165, 1.54) is 17.9 Å². The van der Waals surface area contributed by atoms with E-state index in [2.05, 4.69) is 6.92 Å². The van der Waals surface area contributed by atoms with Crippen LogP contribution < -0.4 is 11.5 Å². The summed E-state index contributed by atoms with van der Waals surface area (Å²) in [6.45, 7) is 4.07. The zero-order valence-electron chi connectivity index (χ0n) is 7.60. The SMILES string of the molecule is CCCSCCCC(C)(N)N. The van der Waals surface area contributed by atoms with Crippen molar-refractivity contribution in [2.75, 3.05) is 11.5 Å². The Balaban J connectivity index is 3.02. The average Bonchev–Trinajstić information content (AvgIpc) is 1.85. The Morgan fingerprint density at radius 1 is 1.27 bits per heavy atom. The van der Waals surface area contributed by atoms with Gasteiger partial charge in [-0.1, -0.05) is 6.92 Å². The van der Waals surface area contributed by atoms with Crippen molar-refractivity contribution in [3.8, 4) is 0 Å². The molecule has 0 spiro atoms. The summed E-state index contributed by atoms with van der Waals surface area (Å²) in [4.78, 5) is 0. The highest BCUT2D eigenvalue weighted by atomic mass is 32.2. The summed E-state index contributed by atoms with van der Waals surface area (Å²) < 4.78 is 0. The topological polar surface area (TPSA) is 52.0 Å². The standard InChI is InChI=1S/C8H20N2S/c1-3-6-11-7-4-5-8(2,9)10/h3-7,9-10H2,1-2H3. The van der Waals surface area contributed by atoms with Crippen molar-refractivity contribution in [2.45, 2.75) is 38.8 Å². The lowest BCUT2D eigenvalue weighted by Crippen LogP contribution is -2.45. The highest BCUT2D eigenvalue weighted by molar-refractivity contribution is 7.99. The van der Waals surface area contributed by atoms with Gasteiger partial charge in [-0.2, -0.15) is 11.8 Å². The Labute approximate surface area is 74.1 Å². The molecule has 0 atom stereocenters. The van der Waals surface area contributed by atoms with Gasteiger partial charge in [0.25, 0.3) is 0 Å². The Kier molecular flexibility index (Phi) is 6.01. The van der Waals surface area contributed by atoms with Crippen LogP contribution in [0.4, 0.5) is 0 Å². The molecule has 0 rings (SSSR count). The van der Waals surface area contributed by atoms with E-state index in [9.17, 15) is 0 Å². The predicted molar refractivity (Wildman–Crippen MR) is 53.6 cm³/mol. The molecule has 68 valence electrons. The summed E-state index contributed by atoms with van der Waals surface area (Å²) in [6, 6.07) is 0. The van der Waals surface area contributed by atoms with Gasteiger partial charge in [-0.15, -0.1) is 0 Å². The van der Waals surface area contributed by atoms with E-state index in [0.29, 0.717) is 0 Å². The summed E-state index contributed by atoms with van der Waals surface area (Å²) in [5.74, 6) is 2.45. The molecule has 0 saturated heterocycles. The molecule has 0 heterocycles. The van der Waals surface area contributed by atoms with Gasteiger partial charge in [0.2, 0.25) is 0 Å². The van der Waals surface area contributed by atoms with Crippen molar-refractivity contribution in [2.24, 2.45) is 11.5 Å². The minimum absolute atomic E-state index is 0.466. The van der Waals surface area contributed by atoms with Gasteiger partial charge in [0.1, 0.15) is 0 Å². The largest absolute Gasteiger partial charge is 0.314 e. The molecule has 0 aliphatic carbocycles. The molecule has 0 aromatic carbocycles. The van der Waals surface area contributed by atoms with Gasteiger partial charge in [-0.3, -0.25) is 0 Å². The summed E-state index contributed by atoms with van der Waals surface area (Å²) >= 11 is 1.98. The average molecular weight is 176 g/mol. The molecular formula is C8H20N2S. The van der Waals surface area contributed by atoms with Gasteiger partial charge < -0.3 is 11.5 Å². The molecule has 0 aromatic rings. The number of nitrogens with two attached hydrogens (primary N) is 2. The monoisotopic (exact) mass is 176 g/mol. The van der Waals surface area contributed by atoms with E-state index in [1.54, 1.807) is 0 Å². The van der Waals surface area contributed by atoms with Crippen LogP contribution in [0.3, 0.4) is 0 Å². The van der Waals surface area contributed by atoms with Crippen molar-refractivity contribution in [1.82, 2.24) is 0 Å². The molecule has 0 bridgehead atoms. The van der Waals surface area contributed by atoms with Gasteiger partial charge in [0.05, 0.1) is 5.66 Å². The summed E-state index contributed by atoms with van der Waals surface area (Å²) in [6.07, 6.45) is 3.31. The van der Waals surface area contributed by atoms with E-state index in [1.807, 2.05) is 18.7 Å². The molecule has 0 aliphatic heterocycles. The molecule has 0 unspecified atom stereocenters. The number of hydrogen-bond donors (Lipinski definition) is 2. The van der Waals surface area contributed by atoms with Gasteiger partial charge in [0, 0.05) is 0 Å². The van der Waals surface area contributed by atoms with Crippen LogP contribution >= 0.6 is 11.8 Å². The summed E-state index contributed by atoms with van der Waals surface area (Å²) in [7, 11) is 0. The van der Waals surface area contributed by atoms with Crippen molar-refractivity contribution in [3.63, 3.8) is 0 Å². The molecule has 0 radical (unpaired) electrons. The van der Waals surface area contributed by atoms with Gasteiger partial charge in [-0.05, 0) is 37.7 Å². The fraction of sp³-hybridized carbons (Fsp3) is 1.00. The van der Waals surface area contributed by atoms with Crippen LogP contribution in [0, 0.1) is 0 Å². The number of rotatable bonds is 6. The second-order valence-corrected chi connectivity index (χ2v) is 4.45. The van der Waals surface area contributed by atoms with Crippen LogP contribution in [0.15, 0.2) is 0 Å². The Bertz CT molecular complexity index is 88.6. The Morgan fingerprint density at radius 2 is 1.91 bits per heavy atom. The van der Waals surface area contributed by atoms with E-state index >= 15 is 0 Å². The molecule has 0 amide bonds. The lowest BCUT2D eigenvalue weighted by Gasteiger charge is -2.17. The zero-order valence-corrected chi connectivity index (χ0v) is 8.41. The van der Waals surface area contributed by atoms with Gasteiger partial charge in [0.15, 0.2) is 0 Å². The smallest absolute Gasteiger partial charge is 0.0607 e. The lowest BCUT2D eigenvalue weighted by molar-refractivity contribution is 0.447. The van der Waals surface area contributed by atoms with E-state index in [-0.39, 0.29) is 0 Å². The maximum Gasteiger partial charge on any atom is 0.0607 e. The second kappa shape index (κ2) is 5.86. The third kappa shape index (κ3) is 10.3. The Hall–Kier alpha value is 0.270. The molecule has 0 saturated carbocycles.